The average molecular weight is 437 g/mol. The van der Waals surface area contributed by atoms with Crippen molar-refractivity contribution in [3.05, 3.63) is 76.5 Å². The number of pyridine rings is 2. The van der Waals surface area contributed by atoms with Crippen LogP contribution >= 0.6 is 23.2 Å². The van der Waals surface area contributed by atoms with Gasteiger partial charge >= 0.3 is 0 Å². The van der Waals surface area contributed by atoms with Gasteiger partial charge in [0.2, 0.25) is 0 Å². The third-order valence-corrected chi connectivity index (χ3v) is 6.67. The lowest BCUT2D eigenvalue weighted by Crippen LogP contribution is -2.53. The van der Waals surface area contributed by atoms with Gasteiger partial charge in [-0.1, -0.05) is 42.1 Å². The molecule has 1 aliphatic rings. The van der Waals surface area contributed by atoms with Crippen LogP contribution in [0.25, 0.3) is 21.8 Å². The summed E-state index contributed by atoms with van der Waals surface area (Å²) < 4.78 is 0. The van der Waals surface area contributed by atoms with E-state index in [1.165, 1.54) is 0 Å². The first-order valence-electron chi connectivity index (χ1n) is 10.2. The summed E-state index contributed by atoms with van der Waals surface area (Å²) in [6, 6.07) is 15.8. The Balaban J connectivity index is 1.59. The summed E-state index contributed by atoms with van der Waals surface area (Å²) in [6.07, 6.45) is 7.77. The fourth-order valence-electron chi connectivity index (χ4n) is 4.68. The van der Waals surface area contributed by atoms with Gasteiger partial charge in [0, 0.05) is 44.9 Å². The quantitative estimate of drug-likeness (QED) is 0.395. The highest BCUT2D eigenvalue weighted by Crippen LogP contribution is 2.40. The molecule has 2 aromatic carbocycles. The van der Waals surface area contributed by atoms with E-state index < -0.39 is 5.54 Å². The fraction of sp³-hybridized carbons (Fsp3) is 0.250. The molecule has 0 radical (unpaired) electrons. The third kappa shape index (κ3) is 3.39. The van der Waals surface area contributed by atoms with Gasteiger partial charge in [-0.15, -0.1) is 0 Å². The minimum atomic E-state index is -0.519. The standard InChI is InChI=1S/C24H22Cl2N4/c25-15-4-6-17-19(8-11-28-21(17)13-15)24(27)10-2-1-3-23(24)30-20-9-12-29-22-14-16(26)5-7-18(20)22/h4-9,11-14,23H,1-3,10,27H2,(H,29,30). The summed E-state index contributed by atoms with van der Waals surface area (Å²) in [5.41, 5.74) is 10.6. The van der Waals surface area contributed by atoms with Crippen LogP contribution in [-0.2, 0) is 5.54 Å². The number of rotatable bonds is 3. The summed E-state index contributed by atoms with van der Waals surface area (Å²) in [6.45, 7) is 0. The Kier molecular flexibility index (Phi) is 5.02. The van der Waals surface area contributed by atoms with Crippen molar-refractivity contribution in [2.75, 3.05) is 5.32 Å². The zero-order valence-corrected chi connectivity index (χ0v) is 17.9. The molecule has 2 atom stereocenters. The minimum Gasteiger partial charge on any atom is -0.380 e. The number of fused-ring (bicyclic) bond motifs is 2. The number of nitrogens with zero attached hydrogens (tertiary/aromatic N) is 2. The van der Waals surface area contributed by atoms with Crippen LogP contribution in [0.15, 0.2) is 60.9 Å². The van der Waals surface area contributed by atoms with Crippen LogP contribution in [0.1, 0.15) is 31.2 Å². The van der Waals surface area contributed by atoms with E-state index in [0.29, 0.717) is 10.0 Å². The zero-order chi connectivity index (χ0) is 20.7. The Bertz CT molecular complexity index is 1240. The lowest BCUT2D eigenvalue weighted by atomic mass is 9.72. The molecule has 152 valence electrons. The highest BCUT2D eigenvalue weighted by Gasteiger charge is 2.40. The topological polar surface area (TPSA) is 63.8 Å². The first kappa shape index (κ1) is 19.6. The molecule has 2 unspecified atom stereocenters. The summed E-state index contributed by atoms with van der Waals surface area (Å²) in [5, 5.41) is 7.22. The molecule has 4 aromatic rings. The van der Waals surface area contributed by atoms with E-state index in [2.05, 4.69) is 21.4 Å². The van der Waals surface area contributed by atoms with Crippen LogP contribution in [0.3, 0.4) is 0 Å². The molecule has 0 amide bonds. The molecule has 1 fully saturated rings. The van der Waals surface area contributed by atoms with Crippen LogP contribution in [-0.4, -0.2) is 16.0 Å². The molecule has 0 spiro atoms. The highest BCUT2D eigenvalue weighted by atomic mass is 35.5. The SMILES string of the molecule is NC1(c2ccnc3cc(Cl)ccc23)CCCCC1Nc1ccnc2cc(Cl)ccc12. The van der Waals surface area contributed by atoms with Gasteiger partial charge in [-0.25, -0.2) is 0 Å². The number of nitrogens with two attached hydrogens (primary N) is 1. The molecular weight excluding hydrogens is 415 g/mol. The van der Waals surface area contributed by atoms with E-state index in [-0.39, 0.29) is 6.04 Å². The monoisotopic (exact) mass is 436 g/mol. The molecule has 2 heterocycles. The van der Waals surface area contributed by atoms with Gasteiger partial charge in [-0.05, 0) is 60.9 Å². The predicted octanol–water partition coefficient (Wildman–Crippen LogP) is 6.30. The lowest BCUT2D eigenvalue weighted by Gasteiger charge is -2.43. The highest BCUT2D eigenvalue weighted by molar-refractivity contribution is 6.31. The van der Waals surface area contributed by atoms with E-state index >= 15 is 0 Å². The molecule has 0 saturated heterocycles. The van der Waals surface area contributed by atoms with Crippen molar-refractivity contribution in [2.24, 2.45) is 5.73 Å². The first-order valence-corrected chi connectivity index (χ1v) is 10.9. The molecule has 1 aliphatic carbocycles. The Hall–Kier alpha value is -2.40. The van der Waals surface area contributed by atoms with Crippen LogP contribution in [0.4, 0.5) is 5.69 Å². The van der Waals surface area contributed by atoms with Crippen LogP contribution in [0.5, 0.6) is 0 Å². The predicted molar refractivity (Wildman–Crippen MR) is 125 cm³/mol. The van der Waals surface area contributed by atoms with Gasteiger partial charge < -0.3 is 11.1 Å². The van der Waals surface area contributed by atoms with Crippen molar-refractivity contribution in [1.82, 2.24) is 9.97 Å². The molecule has 5 rings (SSSR count). The van der Waals surface area contributed by atoms with Gasteiger partial charge in [-0.3, -0.25) is 9.97 Å². The second kappa shape index (κ2) is 7.69. The van der Waals surface area contributed by atoms with E-state index in [0.717, 1.165) is 58.7 Å². The zero-order valence-electron chi connectivity index (χ0n) is 16.4. The minimum absolute atomic E-state index is 0.0776. The first-order chi connectivity index (χ1) is 14.5. The maximum atomic E-state index is 7.18. The normalized spacial score (nSPS) is 21.8. The third-order valence-electron chi connectivity index (χ3n) is 6.20. The number of hydrogen-bond donors (Lipinski definition) is 2. The number of halogens is 2. The van der Waals surface area contributed by atoms with E-state index in [4.69, 9.17) is 28.9 Å². The lowest BCUT2D eigenvalue weighted by molar-refractivity contribution is 0.274. The molecule has 3 N–H and O–H groups in total. The Labute approximate surface area is 185 Å². The van der Waals surface area contributed by atoms with E-state index in [9.17, 15) is 0 Å². The van der Waals surface area contributed by atoms with E-state index in [1.54, 1.807) is 0 Å². The van der Waals surface area contributed by atoms with Crippen LogP contribution < -0.4 is 11.1 Å². The number of nitrogens with one attached hydrogen (secondary N) is 1. The molecule has 0 bridgehead atoms. The number of benzene rings is 2. The van der Waals surface area contributed by atoms with Gasteiger partial charge in [-0.2, -0.15) is 0 Å². The molecule has 1 saturated carbocycles. The van der Waals surface area contributed by atoms with E-state index in [1.807, 2.05) is 54.9 Å². The van der Waals surface area contributed by atoms with Crippen LogP contribution in [0.2, 0.25) is 10.0 Å². The largest absolute Gasteiger partial charge is 0.380 e. The average Bonchev–Trinajstić information content (AvgIpc) is 2.74. The van der Waals surface area contributed by atoms with Gasteiger partial charge in [0.1, 0.15) is 0 Å². The summed E-state index contributed by atoms with van der Waals surface area (Å²) >= 11 is 12.4. The molecular formula is C24H22Cl2N4. The smallest absolute Gasteiger partial charge is 0.0737 e. The van der Waals surface area contributed by atoms with Crippen molar-refractivity contribution in [2.45, 2.75) is 37.3 Å². The molecule has 4 nitrogen and oxygen atoms in total. The number of anilines is 1. The number of hydrogen-bond acceptors (Lipinski definition) is 4. The van der Waals surface area contributed by atoms with Crippen LogP contribution in [0, 0.1) is 0 Å². The van der Waals surface area contributed by atoms with Crippen molar-refractivity contribution >= 4 is 50.7 Å². The van der Waals surface area contributed by atoms with Gasteiger partial charge in [0.05, 0.1) is 16.6 Å². The molecule has 0 aliphatic heterocycles. The van der Waals surface area contributed by atoms with Crippen molar-refractivity contribution in [1.29, 1.82) is 0 Å². The van der Waals surface area contributed by atoms with Crippen molar-refractivity contribution < 1.29 is 0 Å². The maximum Gasteiger partial charge on any atom is 0.0737 e. The van der Waals surface area contributed by atoms with Gasteiger partial charge in [0.25, 0.3) is 0 Å². The molecule has 6 heteroatoms. The Morgan fingerprint density at radius 2 is 1.53 bits per heavy atom. The molecule has 30 heavy (non-hydrogen) atoms. The summed E-state index contributed by atoms with van der Waals surface area (Å²) in [5.74, 6) is 0. The second-order valence-corrected chi connectivity index (χ2v) is 8.90. The van der Waals surface area contributed by atoms with Crippen molar-refractivity contribution in [3.63, 3.8) is 0 Å². The Morgan fingerprint density at radius 3 is 2.30 bits per heavy atom. The van der Waals surface area contributed by atoms with Gasteiger partial charge in [0.15, 0.2) is 0 Å². The summed E-state index contributed by atoms with van der Waals surface area (Å²) in [4.78, 5) is 8.97. The maximum absolute atomic E-state index is 7.18. The second-order valence-electron chi connectivity index (χ2n) is 8.02. The fourth-order valence-corrected chi connectivity index (χ4v) is 5.02. The molecule has 2 aromatic heterocycles. The number of aromatic nitrogens is 2. The Morgan fingerprint density at radius 1 is 0.867 bits per heavy atom. The summed E-state index contributed by atoms with van der Waals surface area (Å²) in [7, 11) is 0. The van der Waals surface area contributed by atoms with Crippen molar-refractivity contribution in [3.8, 4) is 0 Å².